The molecule has 0 radical (unpaired) electrons. The van der Waals surface area contributed by atoms with Gasteiger partial charge in [-0.15, -0.1) is 0 Å². The van der Waals surface area contributed by atoms with Crippen molar-refractivity contribution >= 4 is 33.8 Å². The number of hydrogen-bond donors (Lipinski definition) is 6. The highest BCUT2D eigenvalue weighted by atomic mass is 32.2. The van der Waals surface area contributed by atoms with E-state index in [0.29, 0.717) is 6.42 Å². The van der Waals surface area contributed by atoms with Crippen LogP contribution in [0, 0.1) is 0 Å². The molecule has 3 atom stereocenters. The van der Waals surface area contributed by atoms with E-state index in [9.17, 15) is 42.9 Å². The number of nitrogens with zero attached hydrogens (tertiary/aromatic N) is 1. The highest BCUT2D eigenvalue weighted by Gasteiger charge is 2.31. The van der Waals surface area contributed by atoms with Crippen molar-refractivity contribution in [2.45, 2.75) is 42.8 Å². The van der Waals surface area contributed by atoms with Crippen LogP contribution in [0.2, 0.25) is 0 Å². The number of carboxylic acid groups (broad SMARTS) is 3. The average molecular weight is 643 g/mol. The first kappa shape index (κ1) is 34.7. The van der Waals surface area contributed by atoms with Crippen molar-refractivity contribution in [3.8, 4) is 11.5 Å². The van der Waals surface area contributed by atoms with E-state index in [1.165, 1.54) is 19.1 Å². The SMILES string of the molecule is C[C@H](N[C@@H](CCc1ccccc1)C(=O)O)C(=O)N(CC(=O)O)CC(N)c1cc(C(=O)O)cc(S(N)(=O)=O)c1Oc1ccccc1. The number of primary sulfonamides is 1. The van der Waals surface area contributed by atoms with Gasteiger partial charge >= 0.3 is 17.9 Å². The summed E-state index contributed by atoms with van der Waals surface area (Å²) in [7, 11) is -4.57. The largest absolute Gasteiger partial charge is 0.480 e. The molecule has 8 N–H and O–H groups in total. The smallest absolute Gasteiger partial charge is 0.335 e. The number of aromatic carboxylic acids is 1. The first-order valence-corrected chi connectivity index (χ1v) is 15.2. The summed E-state index contributed by atoms with van der Waals surface area (Å²) in [6, 6.07) is 15.1. The zero-order valence-electron chi connectivity index (χ0n) is 24.2. The van der Waals surface area contributed by atoms with Gasteiger partial charge in [-0.2, -0.15) is 0 Å². The second-order valence-electron chi connectivity index (χ2n) is 10.2. The number of aryl methyl sites for hydroxylation is 1. The third kappa shape index (κ3) is 9.84. The molecule has 0 spiro atoms. The van der Waals surface area contributed by atoms with E-state index in [-0.39, 0.29) is 17.7 Å². The Morgan fingerprint density at radius 1 is 0.956 bits per heavy atom. The normalized spacial score (nSPS) is 13.3. The minimum absolute atomic E-state index is 0.133. The summed E-state index contributed by atoms with van der Waals surface area (Å²) in [5, 5.41) is 37.1. The van der Waals surface area contributed by atoms with Gasteiger partial charge in [-0.3, -0.25) is 19.7 Å². The molecule has 0 aliphatic rings. The summed E-state index contributed by atoms with van der Waals surface area (Å²) in [4.78, 5) is 49.2. The minimum atomic E-state index is -4.57. The Kier molecular flexibility index (Phi) is 11.7. The van der Waals surface area contributed by atoms with E-state index in [0.717, 1.165) is 22.6 Å². The number of rotatable bonds is 16. The van der Waals surface area contributed by atoms with Crippen molar-refractivity contribution in [3.05, 3.63) is 89.5 Å². The topological polar surface area (TPSA) is 240 Å². The van der Waals surface area contributed by atoms with Gasteiger partial charge in [-0.1, -0.05) is 48.5 Å². The van der Waals surface area contributed by atoms with Gasteiger partial charge in [0.1, 0.15) is 23.2 Å². The van der Waals surface area contributed by atoms with E-state index < -0.39 is 81.3 Å². The lowest BCUT2D eigenvalue weighted by molar-refractivity contribution is -0.146. The van der Waals surface area contributed by atoms with Crippen LogP contribution in [0.5, 0.6) is 11.5 Å². The number of hydrogen-bond acceptors (Lipinski definition) is 9. The number of benzene rings is 3. The first-order valence-electron chi connectivity index (χ1n) is 13.6. The van der Waals surface area contributed by atoms with Crippen molar-refractivity contribution in [2.24, 2.45) is 10.9 Å². The molecule has 14 nitrogen and oxygen atoms in total. The number of ether oxygens (including phenoxy) is 1. The van der Waals surface area contributed by atoms with Gasteiger partial charge in [0.05, 0.1) is 17.6 Å². The average Bonchev–Trinajstić information content (AvgIpc) is 2.98. The summed E-state index contributed by atoms with van der Waals surface area (Å²) in [6.07, 6.45) is 0.528. The van der Waals surface area contributed by atoms with Crippen LogP contribution in [-0.4, -0.2) is 77.6 Å². The number of aliphatic carboxylic acids is 2. The third-order valence-electron chi connectivity index (χ3n) is 6.74. The molecule has 0 aliphatic heterocycles. The molecule has 0 aromatic heterocycles. The lowest BCUT2D eigenvalue weighted by Gasteiger charge is -2.29. The van der Waals surface area contributed by atoms with Crippen molar-refractivity contribution in [1.82, 2.24) is 10.2 Å². The zero-order valence-corrected chi connectivity index (χ0v) is 25.0. The zero-order chi connectivity index (χ0) is 33.3. The number of amides is 1. The molecule has 3 aromatic carbocycles. The minimum Gasteiger partial charge on any atom is -0.480 e. The summed E-state index contributed by atoms with van der Waals surface area (Å²) >= 11 is 0. The predicted octanol–water partition coefficient (Wildman–Crippen LogP) is 1.80. The van der Waals surface area contributed by atoms with Crippen LogP contribution >= 0.6 is 0 Å². The van der Waals surface area contributed by atoms with Crippen LogP contribution in [0.25, 0.3) is 0 Å². The molecule has 1 amide bonds. The fourth-order valence-corrected chi connectivity index (χ4v) is 5.27. The molecular formula is C30H34N4O10S. The van der Waals surface area contributed by atoms with Crippen LogP contribution in [-0.2, 0) is 30.8 Å². The monoisotopic (exact) mass is 642 g/mol. The van der Waals surface area contributed by atoms with E-state index >= 15 is 0 Å². The first-order chi connectivity index (χ1) is 21.2. The van der Waals surface area contributed by atoms with Crippen molar-refractivity contribution in [2.75, 3.05) is 13.1 Å². The van der Waals surface area contributed by atoms with Crippen LogP contribution < -0.4 is 20.9 Å². The Hall–Kier alpha value is -4.83. The summed E-state index contributed by atoms with van der Waals surface area (Å²) in [5.41, 5.74) is 6.60. The molecular weight excluding hydrogens is 608 g/mol. The second kappa shape index (κ2) is 15.3. The standard InChI is InChI=1S/C30H34N4O10S/c1-18(33-24(30(40)41)13-12-19-8-4-2-5-9-19)28(37)34(17-26(35)36)16-23(31)22-14-20(29(38)39)15-25(45(32,42)43)27(22)44-21-10-6-3-7-11-21/h2-11,14-15,18,23-24,33H,12-13,16-17,31H2,1H3,(H,35,36)(H,38,39)(H,40,41)(H2,32,42,43)/t18-,23?,24-/m0/s1. The highest BCUT2D eigenvalue weighted by molar-refractivity contribution is 7.89. The second-order valence-corrected chi connectivity index (χ2v) is 11.7. The van der Waals surface area contributed by atoms with Crippen molar-refractivity contribution < 1.29 is 47.7 Å². The molecule has 0 fully saturated rings. The maximum atomic E-state index is 13.5. The number of para-hydroxylation sites is 1. The van der Waals surface area contributed by atoms with E-state index in [1.807, 2.05) is 30.3 Å². The Morgan fingerprint density at radius 3 is 2.09 bits per heavy atom. The molecule has 0 heterocycles. The van der Waals surface area contributed by atoms with Crippen LogP contribution in [0.15, 0.2) is 77.7 Å². The quantitative estimate of drug-likeness (QED) is 0.131. The number of sulfonamides is 1. The predicted molar refractivity (Wildman–Crippen MR) is 161 cm³/mol. The maximum absolute atomic E-state index is 13.5. The molecule has 3 rings (SSSR count). The van der Waals surface area contributed by atoms with E-state index in [2.05, 4.69) is 5.32 Å². The Labute approximate surface area is 259 Å². The fourth-order valence-electron chi connectivity index (χ4n) is 4.56. The van der Waals surface area contributed by atoms with Crippen molar-refractivity contribution in [3.63, 3.8) is 0 Å². The third-order valence-corrected chi connectivity index (χ3v) is 7.66. The highest BCUT2D eigenvalue weighted by Crippen LogP contribution is 2.36. The van der Waals surface area contributed by atoms with Crippen LogP contribution in [0.1, 0.15) is 40.9 Å². The number of nitrogens with two attached hydrogens (primary N) is 2. The number of carboxylic acids is 3. The Bertz CT molecular complexity index is 1640. The molecule has 0 aliphatic carbocycles. The molecule has 45 heavy (non-hydrogen) atoms. The summed E-state index contributed by atoms with van der Waals surface area (Å²) < 4.78 is 30.9. The fraction of sp³-hybridized carbons (Fsp3) is 0.267. The summed E-state index contributed by atoms with van der Waals surface area (Å²) in [5.74, 6) is -5.19. The van der Waals surface area contributed by atoms with Gasteiger partial charge in [-0.05, 0) is 49.6 Å². The lowest BCUT2D eigenvalue weighted by Crippen LogP contribution is -2.53. The molecule has 0 saturated carbocycles. The van der Waals surface area contributed by atoms with E-state index in [1.54, 1.807) is 18.2 Å². The molecule has 3 aromatic rings. The Morgan fingerprint density at radius 2 is 1.56 bits per heavy atom. The van der Waals surface area contributed by atoms with Crippen molar-refractivity contribution in [1.29, 1.82) is 0 Å². The summed E-state index contributed by atoms with van der Waals surface area (Å²) in [6.45, 7) is -0.0255. The van der Waals surface area contributed by atoms with Crippen LogP contribution in [0.3, 0.4) is 0 Å². The number of carbonyl (C=O) groups excluding carboxylic acids is 1. The van der Waals surface area contributed by atoms with Gasteiger partial charge in [0.2, 0.25) is 15.9 Å². The maximum Gasteiger partial charge on any atom is 0.335 e. The molecule has 0 saturated heterocycles. The number of carbonyl (C=O) groups is 4. The van der Waals surface area contributed by atoms with E-state index in [4.69, 9.17) is 15.6 Å². The van der Waals surface area contributed by atoms with Gasteiger partial charge in [0.25, 0.3) is 0 Å². The lowest BCUT2D eigenvalue weighted by atomic mass is 10.0. The van der Waals surface area contributed by atoms with Gasteiger partial charge in [0.15, 0.2) is 5.75 Å². The molecule has 1 unspecified atom stereocenters. The number of nitrogens with one attached hydrogen (secondary N) is 1. The molecule has 240 valence electrons. The van der Waals surface area contributed by atoms with Gasteiger partial charge in [0, 0.05) is 12.1 Å². The Balaban J connectivity index is 1.94. The van der Waals surface area contributed by atoms with Crippen LogP contribution in [0.4, 0.5) is 0 Å². The van der Waals surface area contributed by atoms with Gasteiger partial charge in [-0.25, -0.2) is 18.4 Å². The van der Waals surface area contributed by atoms with Gasteiger partial charge < -0.3 is 30.7 Å². The molecule has 0 bridgehead atoms. The molecule has 15 heteroatoms.